The average Bonchev–Trinajstić information content (AvgIpc) is 3.15. The van der Waals surface area contributed by atoms with Gasteiger partial charge < -0.3 is 0 Å². The number of anilines is 1. The van der Waals surface area contributed by atoms with Crippen molar-refractivity contribution in [2.75, 3.05) is 11.6 Å². The van der Waals surface area contributed by atoms with Gasteiger partial charge in [0.15, 0.2) is 15.7 Å². The highest BCUT2D eigenvalue weighted by Gasteiger charge is 2.14. The Bertz CT molecular complexity index is 1010. The van der Waals surface area contributed by atoms with Gasteiger partial charge in [-0.3, -0.25) is 15.2 Å². The third-order valence-electron chi connectivity index (χ3n) is 3.21. The average molecular weight is 362 g/mol. The monoisotopic (exact) mass is 362 g/mol. The Kier molecular flexibility index (Phi) is 4.20. The highest BCUT2D eigenvalue weighted by molar-refractivity contribution is 7.90. The van der Waals surface area contributed by atoms with Crippen LogP contribution < -0.4 is 5.32 Å². The Hall–Kier alpha value is -2.52. The van der Waals surface area contributed by atoms with Gasteiger partial charge in [-0.1, -0.05) is 6.07 Å². The number of aromatic amines is 1. The molecule has 0 saturated carbocycles. The van der Waals surface area contributed by atoms with Crippen LogP contribution in [0.15, 0.2) is 41.3 Å². The molecular weight excluding hydrogens is 348 g/mol. The molecule has 2 heterocycles. The Morgan fingerprint density at radius 1 is 1.25 bits per heavy atom. The Morgan fingerprint density at radius 3 is 2.71 bits per heavy atom. The minimum absolute atomic E-state index is 0.0832. The molecule has 124 valence electrons. The molecule has 1 aromatic carbocycles. The van der Waals surface area contributed by atoms with Crippen molar-refractivity contribution in [3.8, 4) is 10.7 Å². The number of rotatable bonds is 4. The maximum absolute atomic E-state index is 12.2. The molecule has 0 saturated heterocycles. The number of benzene rings is 1. The molecule has 0 bridgehead atoms. The van der Waals surface area contributed by atoms with Crippen molar-refractivity contribution in [1.29, 1.82) is 0 Å². The van der Waals surface area contributed by atoms with Crippen molar-refractivity contribution in [2.45, 2.75) is 11.8 Å². The van der Waals surface area contributed by atoms with Crippen molar-refractivity contribution < 1.29 is 13.2 Å². The fourth-order valence-electron chi connectivity index (χ4n) is 2.03. The smallest absolute Gasteiger partial charge is 0.258 e. The van der Waals surface area contributed by atoms with Crippen LogP contribution in [0.3, 0.4) is 0 Å². The zero-order valence-electron chi connectivity index (χ0n) is 12.9. The van der Waals surface area contributed by atoms with Gasteiger partial charge in [-0.2, -0.15) is 4.98 Å². The van der Waals surface area contributed by atoms with Crippen molar-refractivity contribution in [3.05, 3.63) is 46.8 Å². The predicted octanol–water partition coefficient (Wildman–Crippen LogP) is 2.50. The van der Waals surface area contributed by atoms with Crippen LogP contribution in [-0.2, 0) is 9.84 Å². The van der Waals surface area contributed by atoms with E-state index in [1.807, 2.05) is 19.1 Å². The van der Waals surface area contributed by atoms with E-state index in [2.05, 4.69) is 20.5 Å². The maximum Gasteiger partial charge on any atom is 0.258 e. The fraction of sp³-hybridized carbons (Fsp3) is 0.133. The van der Waals surface area contributed by atoms with Crippen LogP contribution in [-0.4, -0.2) is 35.8 Å². The molecule has 0 unspecified atom stereocenters. The standard InChI is InChI=1S/C15H14N4O3S2/c1-9-6-7-12(23-9)13-16-15(19-18-13)17-14(20)10-4-3-5-11(8-10)24(2,21)22/h3-8H,1-2H3,(H2,16,17,18,19,20). The minimum Gasteiger partial charge on any atom is -0.289 e. The lowest BCUT2D eigenvalue weighted by atomic mass is 10.2. The highest BCUT2D eigenvalue weighted by atomic mass is 32.2. The number of aryl methyl sites for hydroxylation is 1. The van der Waals surface area contributed by atoms with Gasteiger partial charge >= 0.3 is 0 Å². The molecule has 1 amide bonds. The lowest BCUT2D eigenvalue weighted by Crippen LogP contribution is -2.13. The van der Waals surface area contributed by atoms with Crippen LogP contribution in [0.1, 0.15) is 15.2 Å². The second-order valence-corrected chi connectivity index (χ2v) is 8.48. The molecule has 2 N–H and O–H groups in total. The van der Waals surface area contributed by atoms with Crippen LogP contribution in [0.5, 0.6) is 0 Å². The summed E-state index contributed by atoms with van der Waals surface area (Å²) in [5.41, 5.74) is 0.219. The first-order chi connectivity index (χ1) is 11.3. The number of nitrogens with zero attached hydrogens (tertiary/aromatic N) is 2. The van der Waals surface area contributed by atoms with Crippen LogP contribution in [0.4, 0.5) is 5.95 Å². The summed E-state index contributed by atoms with van der Waals surface area (Å²) in [7, 11) is -3.38. The molecule has 0 aliphatic rings. The zero-order chi connectivity index (χ0) is 17.3. The number of carbonyl (C=O) groups excluding carboxylic acids is 1. The highest BCUT2D eigenvalue weighted by Crippen LogP contribution is 2.25. The molecular formula is C15H14N4O3S2. The third-order valence-corrected chi connectivity index (χ3v) is 5.33. The second-order valence-electron chi connectivity index (χ2n) is 5.17. The molecule has 0 aliphatic heterocycles. The third kappa shape index (κ3) is 3.52. The van der Waals surface area contributed by atoms with Gasteiger partial charge in [-0.15, -0.1) is 16.4 Å². The van der Waals surface area contributed by atoms with Gasteiger partial charge in [0.05, 0.1) is 9.77 Å². The van der Waals surface area contributed by atoms with Crippen molar-refractivity contribution in [1.82, 2.24) is 15.2 Å². The topological polar surface area (TPSA) is 105 Å². The summed E-state index contributed by atoms with van der Waals surface area (Å²) >= 11 is 1.56. The normalized spacial score (nSPS) is 11.4. The van der Waals surface area contributed by atoms with E-state index in [0.717, 1.165) is 16.0 Å². The fourth-order valence-corrected chi connectivity index (χ4v) is 3.51. The van der Waals surface area contributed by atoms with Gasteiger partial charge in [0.1, 0.15) is 0 Å². The van der Waals surface area contributed by atoms with Crippen molar-refractivity contribution in [3.63, 3.8) is 0 Å². The van der Waals surface area contributed by atoms with Gasteiger partial charge in [0.25, 0.3) is 5.91 Å². The summed E-state index contributed by atoms with van der Waals surface area (Å²) in [5, 5.41) is 9.28. The molecule has 0 radical (unpaired) electrons. The van der Waals surface area contributed by atoms with Crippen molar-refractivity contribution >= 4 is 33.0 Å². The number of thiophene rings is 1. The Balaban J connectivity index is 1.79. The van der Waals surface area contributed by atoms with E-state index in [1.54, 1.807) is 11.3 Å². The lowest BCUT2D eigenvalue weighted by Gasteiger charge is -2.03. The molecule has 0 spiro atoms. The Labute approximate surface area is 142 Å². The van der Waals surface area contributed by atoms with E-state index in [9.17, 15) is 13.2 Å². The number of amides is 1. The van der Waals surface area contributed by atoms with Gasteiger partial charge in [0.2, 0.25) is 5.95 Å². The number of hydrogen-bond donors (Lipinski definition) is 2. The number of aromatic nitrogens is 3. The van der Waals surface area contributed by atoms with E-state index in [1.165, 1.54) is 24.3 Å². The summed E-state index contributed by atoms with van der Waals surface area (Å²) in [6.45, 7) is 1.99. The van der Waals surface area contributed by atoms with Crippen molar-refractivity contribution in [2.24, 2.45) is 0 Å². The quantitative estimate of drug-likeness (QED) is 0.742. The van der Waals surface area contributed by atoms with Gasteiger partial charge in [-0.05, 0) is 37.3 Å². The van der Waals surface area contributed by atoms with E-state index >= 15 is 0 Å². The number of sulfone groups is 1. The van der Waals surface area contributed by atoms with Crippen LogP contribution >= 0.6 is 11.3 Å². The molecule has 7 nitrogen and oxygen atoms in total. The van der Waals surface area contributed by atoms with Crippen LogP contribution in [0.2, 0.25) is 0 Å². The van der Waals surface area contributed by atoms with Gasteiger partial charge in [0, 0.05) is 16.7 Å². The summed E-state index contributed by atoms with van der Waals surface area (Å²) < 4.78 is 23.1. The Morgan fingerprint density at radius 2 is 2.04 bits per heavy atom. The number of H-pyrrole nitrogens is 1. The summed E-state index contributed by atoms with van der Waals surface area (Å²) in [4.78, 5) is 18.6. The van der Waals surface area contributed by atoms with E-state index in [-0.39, 0.29) is 16.4 Å². The molecule has 0 aliphatic carbocycles. The van der Waals surface area contributed by atoms with Crippen LogP contribution in [0.25, 0.3) is 10.7 Å². The maximum atomic E-state index is 12.2. The van der Waals surface area contributed by atoms with E-state index in [0.29, 0.717) is 5.82 Å². The lowest BCUT2D eigenvalue weighted by molar-refractivity contribution is 0.102. The first-order valence-corrected chi connectivity index (χ1v) is 9.64. The van der Waals surface area contributed by atoms with Gasteiger partial charge in [-0.25, -0.2) is 8.42 Å². The first kappa shape index (κ1) is 16.3. The molecule has 2 aromatic heterocycles. The largest absolute Gasteiger partial charge is 0.289 e. The summed E-state index contributed by atoms with van der Waals surface area (Å²) in [6.07, 6.45) is 1.09. The number of carbonyl (C=O) groups is 1. The molecule has 0 atom stereocenters. The molecule has 9 heteroatoms. The van der Waals surface area contributed by atoms with E-state index < -0.39 is 15.7 Å². The predicted molar refractivity (Wildman–Crippen MR) is 91.9 cm³/mol. The molecule has 3 aromatic rings. The summed E-state index contributed by atoms with van der Waals surface area (Å²) in [5.74, 6) is 0.215. The number of nitrogens with one attached hydrogen (secondary N) is 2. The SMILES string of the molecule is Cc1ccc(-c2nc(NC(=O)c3cccc(S(C)(=O)=O)c3)n[nH]2)s1. The molecule has 3 rings (SSSR count). The second kappa shape index (κ2) is 6.17. The number of hydrogen-bond acceptors (Lipinski definition) is 6. The minimum atomic E-state index is -3.38. The van der Waals surface area contributed by atoms with E-state index in [4.69, 9.17) is 0 Å². The van der Waals surface area contributed by atoms with Crippen LogP contribution in [0, 0.1) is 6.92 Å². The molecule has 24 heavy (non-hydrogen) atoms. The zero-order valence-corrected chi connectivity index (χ0v) is 14.5. The molecule has 0 fully saturated rings. The summed E-state index contributed by atoms with van der Waals surface area (Å²) in [6, 6.07) is 9.69. The first-order valence-electron chi connectivity index (χ1n) is 6.93.